The molecule has 0 radical (unpaired) electrons. The number of nitrogen functional groups attached to an aromatic ring is 1. The Labute approximate surface area is 117 Å². The minimum absolute atomic E-state index is 0.626. The summed E-state index contributed by atoms with van der Waals surface area (Å²) < 4.78 is 5.22. The minimum atomic E-state index is 0.626. The molecule has 0 saturated heterocycles. The first-order chi connectivity index (χ1) is 9.76. The molecule has 1 aromatic heterocycles. The SMILES string of the molecule is COc1cc(Nc2ccc3ncccc3c2)ccc1N. The smallest absolute Gasteiger partial charge is 0.143 e. The molecule has 3 rings (SSSR count). The van der Waals surface area contributed by atoms with Gasteiger partial charge in [-0.3, -0.25) is 4.98 Å². The highest BCUT2D eigenvalue weighted by atomic mass is 16.5. The molecule has 1 heterocycles. The van der Waals surface area contributed by atoms with Crippen LogP contribution < -0.4 is 15.8 Å². The summed E-state index contributed by atoms with van der Waals surface area (Å²) in [4.78, 5) is 4.30. The average molecular weight is 265 g/mol. The van der Waals surface area contributed by atoms with Crippen LogP contribution in [0.25, 0.3) is 10.9 Å². The summed E-state index contributed by atoms with van der Waals surface area (Å²) in [6.45, 7) is 0. The van der Waals surface area contributed by atoms with E-state index in [1.165, 1.54) is 0 Å². The van der Waals surface area contributed by atoms with Crippen molar-refractivity contribution in [1.29, 1.82) is 0 Å². The maximum atomic E-state index is 5.81. The average Bonchev–Trinajstić information content (AvgIpc) is 2.49. The molecule has 2 aromatic carbocycles. The molecule has 3 aromatic rings. The molecule has 0 unspecified atom stereocenters. The molecule has 20 heavy (non-hydrogen) atoms. The van der Waals surface area contributed by atoms with E-state index in [9.17, 15) is 0 Å². The first-order valence-corrected chi connectivity index (χ1v) is 6.31. The molecule has 0 aliphatic heterocycles. The van der Waals surface area contributed by atoms with E-state index < -0.39 is 0 Å². The number of fused-ring (bicyclic) bond motifs is 1. The molecule has 0 aliphatic rings. The Hall–Kier alpha value is -2.75. The van der Waals surface area contributed by atoms with E-state index in [0.29, 0.717) is 11.4 Å². The van der Waals surface area contributed by atoms with Crippen molar-refractivity contribution in [3.05, 3.63) is 54.7 Å². The number of rotatable bonds is 3. The highest BCUT2D eigenvalue weighted by Gasteiger charge is 2.02. The monoisotopic (exact) mass is 265 g/mol. The third kappa shape index (κ3) is 2.36. The molecule has 0 atom stereocenters. The summed E-state index contributed by atoms with van der Waals surface area (Å²) in [6.07, 6.45) is 1.79. The van der Waals surface area contributed by atoms with Crippen LogP contribution in [-0.4, -0.2) is 12.1 Å². The predicted molar refractivity (Wildman–Crippen MR) is 82.4 cm³/mol. The Morgan fingerprint density at radius 2 is 1.85 bits per heavy atom. The molecular formula is C16H15N3O. The van der Waals surface area contributed by atoms with Gasteiger partial charge in [0.1, 0.15) is 5.75 Å². The molecule has 0 saturated carbocycles. The number of nitrogens with two attached hydrogens (primary N) is 1. The zero-order chi connectivity index (χ0) is 13.9. The van der Waals surface area contributed by atoms with Gasteiger partial charge in [-0.1, -0.05) is 6.07 Å². The van der Waals surface area contributed by atoms with Crippen LogP contribution in [0.2, 0.25) is 0 Å². The summed E-state index contributed by atoms with van der Waals surface area (Å²) in [5.41, 5.74) is 9.34. The summed E-state index contributed by atoms with van der Waals surface area (Å²) in [5, 5.41) is 4.43. The van der Waals surface area contributed by atoms with Gasteiger partial charge in [-0.05, 0) is 36.4 Å². The predicted octanol–water partition coefficient (Wildman–Crippen LogP) is 3.57. The number of anilines is 3. The molecular weight excluding hydrogens is 250 g/mol. The standard InChI is InChI=1S/C16H15N3O/c1-20-16-10-13(4-6-14(16)17)19-12-5-7-15-11(9-12)3-2-8-18-15/h2-10,19H,17H2,1H3. The Bertz CT molecular complexity index is 756. The van der Waals surface area contributed by atoms with Crippen LogP contribution in [0.3, 0.4) is 0 Å². The number of ether oxygens (including phenoxy) is 1. The fourth-order valence-corrected chi connectivity index (χ4v) is 2.11. The molecule has 0 amide bonds. The Balaban J connectivity index is 1.92. The van der Waals surface area contributed by atoms with Crippen LogP contribution in [0, 0.1) is 0 Å². The fraction of sp³-hybridized carbons (Fsp3) is 0.0625. The van der Waals surface area contributed by atoms with Crippen LogP contribution in [0.15, 0.2) is 54.7 Å². The van der Waals surface area contributed by atoms with E-state index in [-0.39, 0.29) is 0 Å². The molecule has 4 nitrogen and oxygen atoms in total. The molecule has 0 aliphatic carbocycles. The van der Waals surface area contributed by atoms with E-state index in [4.69, 9.17) is 10.5 Å². The van der Waals surface area contributed by atoms with Crippen LogP contribution >= 0.6 is 0 Å². The van der Waals surface area contributed by atoms with Crippen molar-refractivity contribution in [1.82, 2.24) is 4.98 Å². The highest BCUT2D eigenvalue weighted by Crippen LogP contribution is 2.28. The molecule has 4 heteroatoms. The van der Waals surface area contributed by atoms with Gasteiger partial charge in [0.05, 0.1) is 18.3 Å². The second kappa shape index (κ2) is 5.09. The van der Waals surface area contributed by atoms with Crippen molar-refractivity contribution in [2.75, 3.05) is 18.2 Å². The number of aromatic nitrogens is 1. The van der Waals surface area contributed by atoms with Crippen molar-refractivity contribution in [3.8, 4) is 5.75 Å². The normalized spacial score (nSPS) is 10.4. The molecule has 0 fully saturated rings. The number of hydrogen-bond donors (Lipinski definition) is 2. The fourth-order valence-electron chi connectivity index (χ4n) is 2.11. The number of methoxy groups -OCH3 is 1. The lowest BCUT2D eigenvalue weighted by molar-refractivity contribution is 0.417. The van der Waals surface area contributed by atoms with Gasteiger partial charge < -0.3 is 15.8 Å². The quantitative estimate of drug-likeness (QED) is 0.711. The summed E-state index contributed by atoms with van der Waals surface area (Å²) in [7, 11) is 1.61. The van der Waals surface area contributed by atoms with Gasteiger partial charge in [-0.15, -0.1) is 0 Å². The van der Waals surface area contributed by atoms with E-state index in [1.807, 2.05) is 42.5 Å². The molecule has 3 N–H and O–H groups in total. The summed E-state index contributed by atoms with van der Waals surface area (Å²) >= 11 is 0. The van der Waals surface area contributed by atoms with Crippen molar-refractivity contribution >= 4 is 28.0 Å². The second-order valence-electron chi connectivity index (χ2n) is 4.49. The van der Waals surface area contributed by atoms with Gasteiger partial charge in [-0.25, -0.2) is 0 Å². The first-order valence-electron chi connectivity index (χ1n) is 6.31. The number of pyridine rings is 1. The Morgan fingerprint density at radius 3 is 2.70 bits per heavy atom. The van der Waals surface area contributed by atoms with Crippen molar-refractivity contribution in [3.63, 3.8) is 0 Å². The lowest BCUT2D eigenvalue weighted by Gasteiger charge is -2.10. The Morgan fingerprint density at radius 1 is 1.05 bits per heavy atom. The highest BCUT2D eigenvalue weighted by molar-refractivity contribution is 5.83. The first kappa shape index (κ1) is 12.3. The van der Waals surface area contributed by atoms with Gasteiger partial charge >= 0.3 is 0 Å². The third-order valence-corrected chi connectivity index (χ3v) is 3.13. The van der Waals surface area contributed by atoms with Crippen LogP contribution in [0.5, 0.6) is 5.75 Å². The third-order valence-electron chi connectivity index (χ3n) is 3.13. The van der Waals surface area contributed by atoms with Gasteiger partial charge in [0.2, 0.25) is 0 Å². The van der Waals surface area contributed by atoms with Crippen molar-refractivity contribution < 1.29 is 4.74 Å². The van der Waals surface area contributed by atoms with E-state index in [0.717, 1.165) is 22.3 Å². The summed E-state index contributed by atoms with van der Waals surface area (Å²) in [6, 6.07) is 15.6. The number of nitrogens with one attached hydrogen (secondary N) is 1. The van der Waals surface area contributed by atoms with Crippen molar-refractivity contribution in [2.45, 2.75) is 0 Å². The van der Waals surface area contributed by atoms with Crippen LogP contribution in [0.1, 0.15) is 0 Å². The maximum Gasteiger partial charge on any atom is 0.143 e. The van der Waals surface area contributed by atoms with Crippen LogP contribution in [0.4, 0.5) is 17.1 Å². The minimum Gasteiger partial charge on any atom is -0.495 e. The van der Waals surface area contributed by atoms with Gasteiger partial charge in [-0.2, -0.15) is 0 Å². The van der Waals surface area contributed by atoms with Crippen molar-refractivity contribution in [2.24, 2.45) is 0 Å². The van der Waals surface area contributed by atoms with Gasteiger partial charge in [0.15, 0.2) is 0 Å². The lowest BCUT2D eigenvalue weighted by atomic mass is 10.2. The number of hydrogen-bond acceptors (Lipinski definition) is 4. The molecule has 0 bridgehead atoms. The molecule has 100 valence electrons. The van der Waals surface area contributed by atoms with E-state index in [2.05, 4.69) is 16.4 Å². The topological polar surface area (TPSA) is 60.2 Å². The van der Waals surface area contributed by atoms with Gasteiger partial charge in [0, 0.05) is 29.0 Å². The molecule has 0 spiro atoms. The zero-order valence-electron chi connectivity index (χ0n) is 11.1. The largest absolute Gasteiger partial charge is 0.495 e. The number of nitrogens with zero attached hydrogens (tertiary/aromatic N) is 1. The maximum absolute atomic E-state index is 5.81. The Kier molecular flexibility index (Phi) is 3.13. The number of benzene rings is 2. The van der Waals surface area contributed by atoms with Crippen LogP contribution in [-0.2, 0) is 0 Å². The zero-order valence-corrected chi connectivity index (χ0v) is 11.1. The summed E-state index contributed by atoms with van der Waals surface area (Å²) in [5.74, 6) is 0.664. The lowest BCUT2D eigenvalue weighted by Crippen LogP contribution is -1.95. The van der Waals surface area contributed by atoms with Gasteiger partial charge in [0.25, 0.3) is 0 Å². The second-order valence-corrected chi connectivity index (χ2v) is 4.49. The van der Waals surface area contributed by atoms with E-state index >= 15 is 0 Å². The van der Waals surface area contributed by atoms with E-state index in [1.54, 1.807) is 13.3 Å².